The molecule has 108 valence electrons. The highest BCUT2D eigenvalue weighted by Gasteiger charge is 2.38. The van der Waals surface area contributed by atoms with Crippen molar-refractivity contribution in [3.8, 4) is 0 Å². The predicted molar refractivity (Wildman–Crippen MR) is 83.7 cm³/mol. The number of hydrogen-bond donors (Lipinski definition) is 2. The van der Waals surface area contributed by atoms with Gasteiger partial charge in [-0.1, -0.05) is 6.42 Å². The van der Waals surface area contributed by atoms with Gasteiger partial charge in [-0.3, -0.25) is 9.59 Å². The topological polar surface area (TPSA) is 66.4 Å². The average Bonchev–Trinajstić information content (AvgIpc) is 2.82. The van der Waals surface area contributed by atoms with E-state index in [4.69, 9.17) is 5.11 Å². The molecule has 20 heavy (non-hydrogen) atoms. The highest BCUT2D eigenvalue weighted by atomic mass is 79.9. The Balaban J connectivity index is 2.18. The van der Waals surface area contributed by atoms with Crippen LogP contribution in [-0.2, 0) is 9.59 Å². The Hall–Kier alpha value is -0.880. The third-order valence-electron chi connectivity index (χ3n) is 3.60. The fourth-order valence-corrected chi connectivity index (χ4v) is 4.22. The lowest BCUT2D eigenvalue weighted by molar-refractivity contribution is -0.145. The van der Waals surface area contributed by atoms with E-state index < -0.39 is 17.8 Å². The molecule has 4 nitrogen and oxygen atoms in total. The minimum Gasteiger partial charge on any atom is -0.481 e. The van der Waals surface area contributed by atoms with Crippen LogP contribution < -0.4 is 5.32 Å². The van der Waals surface area contributed by atoms with Crippen molar-refractivity contribution in [2.24, 2.45) is 11.8 Å². The van der Waals surface area contributed by atoms with Gasteiger partial charge in [0, 0.05) is 8.95 Å². The third-order valence-corrected chi connectivity index (χ3v) is 4.86. The van der Waals surface area contributed by atoms with E-state index in [0.717, 1.165) is 20.9 Å². The standard InChI is InChI=1S/C14H15Br2NO3/c1-7-5-10(15)12(11(16)6-7)17-13(18)8-3-2-4-9(8)14(19)20/h5-6,8-9H,2-4H2,1H3,(H,17,18)(H,19,20). The van der Waals surface area contributed by atoms with Crippen molar-refractivity contribution >= 4 is 49.4 Å². The molecule has 1 aromatic carbocycles. The van der Waals surface area contributed by atoms with Crippen molar-refractivity contribution in [3.05, 3.63) is 26.6 Å². The molecule has 0 saturated heterocycles. The molecule has 0 heterocycles. The zero-order valence-corrected chi connectivity index (χ0v) is 14.1. The summed E-state index contributed by atoms with van der Waals surface area (Å²) < 4.78 is 1.56. The number of carbonyl (C=O) groups excluding carboxylic acids is 1. The molecule has 1 amide bonds. The Kier molecular flexibility index (Phi) is 4.86. The average molecular weight is 405 g/mol. The quantitative estimate of drug-likeness (QED) is 0.801. The first-order valence-electron chi connectivity index (χ1n) is 6.39. The van der Waals surface area contributed by atoms with E-state index in [1.807, 2.05) is 19.1 Å². The van der Waals surface area contributed by atoms with Crippen molar-refractivity contribution in [2.75, 3.05) is 5.32 Å². The molecule has 2 N–H and O–H groups in total. The molecule has 1 aromatic rings. The number of carbonyl (C=O) groups is 2. The van der Waals surface area contributed by atoms with E-state index in [1.165, 1.54) is 0 Å². The van der Waals surface area contributed by atoms with Gasteiger partial charge < -0.3 is 10.4 Å². The van der Waals surface area contributed by atoms with Crippen molar-refractivity contribution < 1.29 is 14.7 Å². The number of halogens is 2. The SMILES string of the molecule is Cc1cc(Br)c(NC(=O)C2CCCC2C(=O)O)c(Br)c1. The van der Waals surface area contributed by atoms with Gasteiger partial charge in [0.05, 0.1) is 17.5 Å². The highest BCUT2D eigenvalue weighted by molar-refractivity contribution is 9.11. The zero-order chi connectivity index (χ0) is 14.9. The molecule has 1 aliphatic carbocycles. The van der Waals surface area contributed by atoms with E-state index in [1.54, 1.807) is 0 Å². The van der Waals surface area contributed by atoms with Gasteiger partial charge in [0.2, 0.25) is 5.91 Å². The minimum atomic E-state index is -0.885. The Labute approximate surface area is 134 Å². The lowest BCUT2D eigenvalue weighted by atomic mass is 9.95. The van der Waals surface area contributed by atoms with E-state index >= 15 is 0 Å². The Morgan fingerprint density at radius 1 is 1.20 bits per heavy atom. The molecule has 2 rings (SSSR count). The number of hydrogen-bond acceptors (Lipinski definition) is 2. The number of nitrogens with one attached hydrogen (secondary N) is 1. The summed E-state index contributed by atoms with van der Waals surface area (Å²) in [5, 5.41) is 12.0. The van der Waals surface area contributed by atoms with Crippen molar-refractivity contribution in [3.63, 3.8) is 0 Å². The van der Waals surface area contributed by atoms with Crippen LogP contribution in [0.15, 0.2) is 21.1 Å². The van der Waals surface area contributed by atoms with Gasteiger partial charge in [-0.2, -0.15) is 0 Å². The molecule has 0 aromatic heterocycles. The van der Waals surface area contributed by atoms with Crippen LogP contribution in [0.1, 0.15) is 24.8 Å². The molecule has 0 aliphatic heterocycles. The van der Waals surface area contributed by atoms with Crippen LogP contribution in [-0.4, -0.2) is 17.0 Å². The van der Waals surface area contributed by atoms with E-state index in [2.05, 4.69) is 37.2 Å². The molecule has 0 radical (unpaired) electrons. The number of aliphatic carboxylic acids is 1. The summed E-state index contributed by atoms with van der Waals surface area (Å²) in [6.45, 7) is 1.96. The summed E-state index contributed by atoms with van der Waals surface area (Å²) in [5.41, 5.74) is 1.71. The van der Waals surface area contributed by atoms with E-state index in [0.29, 0.717) is 18.5 Å². The van der Waals surface area contributed by atoms with Crippen molar-refractivity contribution in [1.29, 1.82) is 0 Å². The van der Waals surface area contributed by atoms with Crippen LogP contribution in [0, 0.1) is 18.8 Å². The monoisotopic (exact) mass is 403 g/mol. The Morgan fingerprint density at radius 3 is 2.30 bits per heavy atom. The molecule has 6 heteroatoms. The number of anilines is 1. The molecule has 0 bridgehead atoms. The smallest absolute Gasteiger partial charge is 0.307 e. The second-order valence-corrected chi connectivity index (χ2v) is 6.78. The highest BCUT2D eigenvalue weighted by Crippen LogP contribution is 2.36. The summed E-state index contributed by atoms with van der Waals surface area (Å²) in [6.07, 6.45) is 1.98. The second-order valence-electron chi connectivity index (χ2n) is 5.07. The normalized spacial score (nSPS) is 21.8. The maximum Gasteiger partial charge on any atom is 0.307 e. The van der Waals surface area contributed by atoms with Gasteiger partial charge in [-0.25, -0.2) is 0 Å². The number of rotatable bonds is 3. The molecule has 1 saturated carbocycles. The van der Waals surface area contributed by atoms with Crippen LogP contribution in [0.25, 0.3) is 0 Å². The number of carboxylic acid groups (broad SMARTS) is 1. The minimum absolute atomic E-state index is 0.222. The molecule has 0 spiro atoms. The number of carboxylic acids is 1. The van der Waals surface area contributed by atoms with Gasteiger partial charge in [-0.15, -0.1) is 0 Å². The summed E-state index contributed by atoms with van der Waals surface area (Å²) in [6, 6.07) is 3.81. The Morgan fingerprint density at radius 2 is 1.75 bits per heavy atom. The van der Waals surface area contributed by atoms with Crippen LogP contribution in [0.5, 0.6) is 0 Å². The molecule has 2 atom stereocenters. The van der Waals surface area contributed by atoms with Crippen molar-refractivity contribution in [1.82, 2.24) is 0 Å². The fraction of sp³-hybridized carbons (Fsp3) is 0.429. The maximum atomic E-state index is 12.3. The van der Waals surface area contributed by atoms with Crippen LogP contribution in [0.2, 0.25) is 0 Å². The van der Waals surface area contributed by atoms with Gasteiger partial charge in [0.25, 0.3) is 0 Å². The number of aryl methyl sites for hydroxylation is 1. The molecular weight excluding hydrogens is 390 g/mol. The van der Waals surface area contributed by atoms with Gasteiger partial charge >= 0.3 is 5.97 Å². The van der Waals surface area contributed by atoms with Crippen LogP contribution >= 0.6 is 31.9 Å². The van der Waals surface area contributed by atoms with Crippen molar-refractivity contribution in [2.45, 2.75) is 26.2 Å². The van der Waals surface area contributed by atoms with Gasteiger partial charge in [0.15, 0.2) is 0 Å². The first-order valence-corrected chi connectivity index (χ1v) is 7.98. The lowest BCUT2D eigenvalue weighted by Crippen LogP contribution is -2.30. The summed E-state index contributed by atoms with van der Waals surface area (Å²) in [7, 11) is 0. The number of benzene rings is 1. The summed E-state index contributed by atoms with van der Waals surface area (Å²) in [4.78, 5) is 23.5. The summed E-state index contributed by atoms with van der Waals surface area (Å²) in [5.74, 6) is -2.13. The van der Waals surface area contributed by atoms with Gasteiger partial charge in [-0.05, 0) is 69.3 Å². The predicted octanol–water partition coefficient (Wildman–Crippen LogP) is 3.96. The first kappa shape index (κ1) is 15.5. The molecular formula is C14H15Br2NO3. The first-order chi connectivity index (χ1) is 9.40. The number of amides is 1. The van der Waals surface area contributed by atoms with Gasteiger partial charge in [0.1, 0.15) is 0 Å². The van der Waals surface area contributed by atoms with E-state index in [-0.39, 0.29) is 5.91 Å². The van der Waals surface area contributed by atoms with Crippen LogP contribution in [0.4, 0.5) is 5.69 Å². The lowest BCUT2D eigenvalue weighted by Gasteiger charge is -2.17. The second kappa shape index (κ2) is 6.26. The zero-order valence-electron chi connectivity index (χ0n) is 11.0. The van der Waals surface area contributed by atoms with Crippen LogP contribution in [0.3, 0.4) is 0 Å². The molecule has 1 aliphatic rings. The fourth-order valence-electron chi connectivity index (χ4n) is 2.60. The molecule has 1 fully saturated rings. The molecule has 2 unspecified atom stereocenters. The Bertz CT molecular complexity index is 536. The third kappa shape index (κ3) is 3.23. The largest absolute Gasteiger partial charge is 0.481 e. The van der Waals surface area contributed by atoms with E-state index in [9.17, 15) is 9.59 Å². The summed E-state index contributed by atoms with van der Waals surface area (Å²) >= 11 is 6.84. The maximum absolute atomic E-state index is 12.3.